The smallest absolute Gasteiger partial charge is 0.203 e. The van der Waals surface area contributed by atoms with Crippen LogP contribution in [-0.4, -0.2) is 10.8 Å². The van der Waals surface area contributed by atoms with E-state index in [4.69, 9.17) is 0 Å². The zero-order chi connectivity index (χ0) is 20.1. The maximum Gasteiger partial charge on any atom is 0.203 e. The third-order valence-corrected chi connectivity index (χ3v) is 6.74. The quantitative estimate of drug-likeness (QED) is 0.306. The first-order valence-electron chi connectivity index (χ1n) is 9.92. The first-order chi connectivity index (χ1) is 14.8. The number of nitrogens with one attached hydrogen (secondary N) is 1. The summed E-state index contributed by atoms with van der Waals surface area (Å²) in [4.78, 5) is 19.0. The summed E-state index contributed by atoms with van der Waals surface area (Å²) in [6, 6.07) is 32.6. The van der Waals surface area contributed by atoms with Crippen LogP contribution >= 0.6 is 11.3 Å². The first kappa shape index (κ1) is 17.2. The van der Waals surface area contributed by atoms with Crippen LogP contribution in [0.3, 0.4) is 0 Å². The Morgan fingerprint density at radius 1 is 0.733 bits per heavy atom. The lowest BCUT2D eigenvalue weighted by Crippen LogP contribution is -2.00. The number of rotatable bonds is 3. The van der Waals surface area contributed by atoms with E-state index in [2.05, 4.69) is 41.4 Å². The Kier molecular flexibility index (Phi) is 3.83. The van der Waals surface area contributed by atoms with Crippen molar-refractivity contribution in [2.45, 2.75) is 0 Å². The summed E-state index contributed by atoms with van der Waals surface area (Å²) in [6.07, 6.45) is 0. The van der Waals surface area contributed by atoms with Crippen LogP contribution in [-0.2, 0) is 0 Å². The predicted molar refractivity (Wildman–Crippen MR) is 126 cm³/mol. The average molecular weight is 404 g/mol. The van der Waals surface area contributed by atoms with Crippen LogP contribution in [0.2, 0.25) is 0 Å². The van der Waals surface area contributed by atoms with E-state index < -0.39 is 0 Å². The molecule has 0 aliphatic carbocycles. The molecule has 6 aromatic rings. The number of aromatic nitrogens is 1. The van der Waals surface area contributed by atoms with Crippen molar-refractivity contribution in [3.05, 3.63) is 108 Å². The van der Waals surface area contributed by atoms with Crippen molar-refractivity contribution in [2.24, 2.45) is 0 Å². The molecule has 0 spiro atoms. The van der Waals surface area contributed by atoms with Gasteiger partial charge in [0.2, 0.25) is 5.78 Å². The lowest BCUT2D eigenvalue weighted by molar-refractivity contribution is 0.104. The summed E-state index contributed by atoms with van der Waals surface area (Å²) in [7, 11) is 0. The van der Waals surface area contributed by atoms with Crippen molar-refractivity contribution in [2.75, 3.05) is 0 Å². The molecule has 2 heterocycles. The van der Waals surface area contributed by atoms with Gasteiger partial charge in [0.25, 0.3) is 0 Å². The molecule has 0 fully saturated rings. The van der Waals surface area contributed by atoms with Crippen LogP contribution in [0.25, 0.3) is 43.0 Å². The Morgan fingerprint density at radius 3 is 2.33 bits per heavy atom. The van der Waals surface area contributed by atoms with E-state index in [0.29, 0.717) is 0 Å². The van der Waals surface area contributed by atoms with Crippen LogP contribution in [0.1, 0.15) is 15.2 Å². The topological polar surface area (TPSA) is 32.9 Å². The van der Waals surface area contributed by atoms with Gasteiger partial charge >= 0.3 is 0 Å². The molecule has 3 heteroatoms. The first-order valence-corrected chi connectivity index (χ1v) is 10.7. The van der Waals surface area contributed by atoms with Crippen molar-refractivity contribution >= 4 is 49.0 Å². The summed E-state index contributed by atoms with van der Waals surface area (Å²) in [6.45, 7) is 0. The SMILES string of the molecule is O=C(c1ccc2ccccc2c1)c1sc2[nH]c3ccccc3c2c1-c1ccccc1. The van der Waals surface area contributed by atoms with Crippen LogP contribution in [0.5, 0.6) is 0 Å². The van der Waals surface area contributed by atoms with Crippen LogP contribution in [0.15, 0.2) is 97.1 Å². The molecule has 0 aliphatic heterocycles. The van der Waals surface area contributed by atoms with Gasteiger partial charge in [-0.05, 0) is 28.5 Å². The second-order valence-corrected chi connectivity index (χ2v) is 8.46. The lowest BCUT2D eigenvalue weighted by Gasteiger charge is -2.06. The molecule has 30 heavy (non-hydrogen) atoms. The number of ketones is 1. The molecule has 2 aromatic heterocycles. The number of para-hydroxylation sites is 1. The predicted octanol–water partition coefficient (Wildman–Crippen LogP) is 7.43. The molecule has 0 bridgehead atoms. The molecular formula is C27H17NOS. The van der Waals surface area contributed by atoms with Gasteiger partial charge in [0.15, 0.2) is 0 Å². The van der Waals surface area contributed by atoms with E-state index in [1.54, 1.807) is 11.3 Å². The molecule has 142 valence electrons. The third kappa shape index (κ3) is 2.60. The molecule has 4 aromatic carbocycles. The molecule has 0 radical (unpaired) electrons. The summed E-state index contributed by atoms with van der Waals surface area (Å²) >= 11 is 1.55. The van der Waals surface area contributed by atoms with Gasteiger partial charge in [0.05, 0.1) is 4.88 Å². The standard InChI is InChI=1S/C27H17NOS/c29-25(20-15-14-17-8-4-5-11-19(17)16-20)26-23(18-9-2-1-3-10-18)24-21-12-6-7-13-22(21)28-27(24)30-26/h1-16,28H. The number of aromatic amines is 1. The second kappa shape index (κ2) is 6.68. The van der Waals surface area contributed by atoms with Crippen molar-refractivity contribution in [3.8, 4) is 11.1 Å². The normalized spacial score (nSPS) is 11.5. The molecule has 1 N–H and O–H groups in total. The number of H-pyrrole nitrogens is 1. The van der Waals surface area contributed by atoms with Crippen LogP contribution in [0.4, 0.5) is 0 Å². The third-order valence-electron chi connectivity index (χ3n) is 5.63. The number of thiophene rings is 1. The minimum absolute atomic E-state index is 0.0679. The molecule has 0 saturated carbocycles. The fraction of sp³-hybridized carbons (Fsp3) is 0. The Labute approximate surface area is 177 Å². The van der Waals surface area contributed by atoms with E-state index in [9.17, 15) is 4.79 Å². The molecule has 0 unspecified atom stereocenters. The van der Waals surface area contributed by atoms with Crippen molar-refractivity contribution < 1.29 is 4.79 Å². The van der Waals surface area contributed by atoms with Gasteiger partial charge in [-0.3, -0.25) is 4.79 Å². The van der Waals surface area contributed by atoms with E-state index in [-0.39, 0.29) is 5.78 Å². The molecule has 0 amide bonds. The van der Waals surface area contributed by atoms with E-state index >= 15 is 0 Å². The van der Waals surface area contributed by atoms with Crippen molar-refractivity contribution in [1.82, 2.24) is 4.98 Å². The highest BCUT2D eigenvalue weighted by Crippen LogP contribution is 2.43. The fourth-order valence-corrected chi connectivity index (χ4v) is 5.42. The largest absolute Gasteiger partial charge is 0.346 e. The van der Waals surface area contributed by atoms with Gasteiger partial charge in [0, 0.05) is 27.4 Å². The highest BCUT2D eigenvalue weighted by molar-refractivity contribution is 7.21. The number of benzene rings is 4. The Morgan fingerprint density at radius 2 is 1.47 bits per heavy atom. The molecule has 0 atom stereocenters. The fourth-order valence-electron chi connectivity index (χ4n) is 4.21. The molecule has 0 saturated heterocycles. The molecule has 2 nitrogen and oxygen atoms in total. The monoisotopic (exact) mass is 403 g/mol. The second-order valence-electron chi connectivity index (χ2n) is 7.44. The Bertz CT molecular complexity index is 1560. The summed E-state index contributed by atoms with van der Waals surface area (Å²) in [5.41, 5.74) is 3.91. The number of carbonyl (C=O) groups is 1. The summed E-state index contributed by atoms with van der Waals surface area (Å²) in [5, 5.41) is 4.50. The van der Waals surface area contributed by atoms with Gasteiger partial charge in [-0.2, -0.15) is 0 Å². The van der Waals surface area contributed by atoms with Gasteiger partial charge in [-0.1, -0.05) is 84.9 Å². The highest BCUT2D eigenvalue weighted by atomic mass is 32.1. The van der Waals surface area contributed by atoms with Gasteiger partial charge in [-0.25, -0.2) is 0 Å². The zero-order valence-electron chi connectivity index (χ0n) is 16.1. The number of carbonyl (C=O) groups excluding carboxylic acids is 1. The molecular weight excluding hydrogens is 386 g/mol. The maximum atomic E-state index is 13.7. The van der Waals surface area contributed by atoms with Crippen LogP contribution < -0.4 is 0 Å². The van der Waals surface area contributed by atoms with Crippen molar-refractivity contribution in [1.29, 1.82) is 0 Å². The van der Waals surface area contributed by atoms with E-state index in [1.807, 2.05) is 60.7 Å². The Hall–Kier alpha value is -3.69. The van der Waals surface area contributed by atoms with Crippen molar-refractivity contribution in [3.63, 3.8) is 0 Å². The average Bonchev–Trinajstić information content (AvgIpc) is 3.35. The van der Waals surface area contributed by atoms with E-state index in [0.717, 1.165) is 53.5 Å². The minimum Gasteiger partial charge on any atom is -0.346 e. The number of hydrogen-bond acceptors (Lipinski definition) is 2. The minimum atomic E-state index is 0.0679. The summed E-state index contributed by atoms with van der Waals surface area (Å²) in [5.74, 6) is 0.0679. The van der Waals surface area contributed by atoms with E-state index in [1.165, 1.54) is 0 Å². The van der Waals surface area contributed by atoms with Crippen LogP contribution in [0, 0.1) is 0 Å². The highest BCUT2D eigenvalue weighted by Gasteiger charge is 2.23. The molecule has 0 aliphatic rings. The summed E-state index contributed by atoms with van der Waals surface area (Å²) < 4.78 is 0. The zero-order valence-corrected chi connectivity index (χ0v) is 16.9. The van der Waals surface area contributed by atoms with Gasteiger partial charge < -0.3 is 4.98 Å². The lowest BCUT2D eigenvalue weighted by atomic mass is 9.97. The molecule has 6 rings (SSSR count). The maximum absolute atomic E-state index is 13.7. The number of hydrogen-bond donors (Lipinski definition) is 1. The number of fused-ring (bicyclic) bond motifs is 4. The Balaban J connectivity index is 1.62. The van der Waals surface area contributed by atoms with Gasteiger partial charge in [-0.15, -0.1) is 11.3 Å². The van der Waals surface area contributed by atoms with Gasteiger partial charge in [0.1, 0.15) is 4.83 Å².